The Morgan fingerprint density at radius 2 is 2.04 bits per heavy atom. The number of nitrogens with zero attached hydrogens (tertiary/aromatic N) is 3. The highest BCUT2D eigenvalue weighted by Gasteiger charge is 2.35. The van der Waals surface area contributed by atoms with Crippen molar-refractivity contribution in [2.75, 3.05) is 13.6 Å². The van der Waals surface area contributed by atoms with E-state index in [9.17, 15) is 0 Å². The fourth-order valence-corrected chi connectivity index (χ4v) is 4.64. The Bertz CT molecular complexity index is 908. The number of aromatic nitrogens is 2. The van der Waals surface area contributed by atoms with Crippen LogP contribution in [0.1, 0.15) is 41.4 Å². The van der Waals surface area contributed by atoms with Gasteiger partial charge in [-0.1, -0.05) is 18.2 Å². The van der Waals surface area contributed by atoms with Crippen LogP contribution >= 0.6 is 0 Å². The Hall–Kier alpha value is -2.13. The van der Waals surface area contributed by atoms with Crippen LogP contribution in [0.25, 0.3) is 10.9 Å². The minimum absolute atomic E-state index is 0.337. The van der Waals surface area contributed by atoms with Crippen molar-refractivity contribution in [3.8, 4) is 0 Å². The molecule has 3 aromatic rings. The van der Waals surface area contributed by atoms with Crippen molar-refractivity contribution in [3.63, 3.8) is 0 Å². The van der Waals surface area contributed by atoms with E-state index in [1.165, 1.54) is 27.7 Å². The van der Waals surface area contributed by atoms with Crippen molar-refractivity contribution in [2.24, 2.45) is 0 Å². The lowest BCUT2D eigenvalue weighted by atomic mass is 9.93. The molecule has 5 rings (SSSR count). The Balaban J connectivity index is 1.90. The molecule has 0 saturated heterocycles. The third-order valence-corrected chi connectivity index (χ3v) is 5.82. The Morgan fingerprint density at radius 3 is 2.96 bits per heavy atom. The molecular formula is C20H21N3. The number of likely N-dealkylation sites (N-methyl/N-ethyl adjacent to an activating group) is 1. The minimum atomic E-state index is 0.337. The summed E-state index contributed by atoms with van der Waals surface area (Å²) in [5, 5.41) is 1.44. The van der Waals surface area contributed by atoms with Crippen molar-refractivity contribution < 1.29 is 0 Å². The molecular weight excluding hydrogens is 282 g/mol. The van der Waals surface area contributed by atoms with Crippen molar-refractivity contribution in [1.29, 1.82) is 0 Å². The molecule has 1 unspecified atom stereocenters. The molecule has 2 aliphatic heterocycles. The number of fused-ring (bicyclic) bond motifs is 4. The van der Waals surface area contributed by atoms with Gasteiger partial charge in [0.25, 0.3) is 0 Å². The van der Waals surface area contributed by atoms with Gasteiger partial charge < -0.3 is 4.57 Å². The molecule has 0 aliphatic carbocycles. The van der Waals surface area contributed by atoms with Gasteiger partial charge in [-0.25, -0.2) is 0 Å². The lowest BCUT2D eigenvalue weighted by Gasteiger charge is -2.33. The average Bonchev–Trinajstić information content (AvgIpc) is 2.85. The van der Waals surface area contributed by atoms with Gasteiger partial charge in [0, 0.05) is 35.5 Å². The minimum Gasteiger partial charge on any atom is -0.335 e. The quantitative estimate of drug-likeness (QED) is 0.631. The zero-order chi connectivity index (χ0) is 15.6. The highest BCUT2D eigenvalue weighted by atomic mass is 15.2. The molecule has 23 heavy (non-hydrogen) atoms. The Morgan fingerprint density at radius 1 is 1.17 bits per heavy atom. The highest BCUT2D eigenvalue weighted by Crippen LogP contribution is 2.44. The Kier molecular flexibility index (Phi) is 2.71. The predicted octanol–water partition coefficient (Wildman–Crippen LogP) is 3.73. The van der Waals surface area contributed by atoms with E-state index >= 15 is 0 Å². The molecule has 3 nitrogen and oxygen atoms in total. The van der Waals surface area contributed by atoms with Gasteiger partial charge in [-0.3, -0.25) is 9.88 Å². The topological polar surface area (TPSA) is 21.1 Å². The van der Waals surface area contributed by atoms with Crippen molar-refractivity contribution >= 4 is 10.9 Å². The molecule has 3 heteroatoms. The maximum absolute atomic E-state index is 4.41. The van der Waals surface area contributed by atoms with E-state index in [2.05, 4.69) is 65.0 Å². The average molecular weight is 303 g/mol. The molecule has 4 heterocycles. The number of hydrogen-bond donors (Lipinski definition) is 0. The van der Waals surface area contributed by atoms with E-state index < -0.39 is 0 Å². The van der Waals surface area contributed by atoms with Crippen molar-refractivity contribution in [3.05, 3.63) is 65.1 Å². The van der Waals surface area contributed by atoms with E-state index in [4.69, 9.17) is 0 Å². The summed E-state index contributed by atoms with van der Waals surface area (Å²) in [7, 11) is 2.27. The van der Waals surface area contributed by atoms with E-state index in [1.54, 1.807) is 5.56 Å². The predicted molar refractivity (Wildman–Crippen MR) is 92.8 cm³/mol. The van der Waals surface area contributed by atoms with Gasteiger partial charge in [-0.2, -0.15) is 0 Å². The lowest BCUT2D eigenvalue weighted by molar-refractivity contribution is 0.222. The van der Waals surface area contributed by atoms with Crippen LogP contribution in [-0.4, -0.2) is 28.0 Å². The highest BCUT2D eigenvalue weighted by molar-refractivity contribution is 5.86. The van der Waals surface area contributed by atoms with Crippen LogP contribution in [-0.2, 0) is 12.8 Å². The fraction of sp³-hybridized carbons (Fsp3) is 0.350. The summed E-state index contributed by atoms with van der Waals surface area (Å²) in [6, 6.07) is 11.9. The molecule has 0 bridgehead atoms. The molecule has 0 fully saturated rings. The van der Waals surface area contributed by atoms with Crippen LogP contribution in [0.3, 0.4) is 0 Å². The molecule has 0 spiro atoms. The van der Waals surface area contributed by atoms with Crippen molar-refractivity contribution in [1.82, 2.24) is 14.5 Å². The first-order valence-electron chi connectivity index (χ1n) is 8.50. The zero-order valence-electron chi connectivity index (χ0n) is 13.7. The van der Waals surface area contributed by atoms with Crippen LogP contribution in [0.5, 0.6) is 0 Å². The fourth-order valence-electron chi connectivity index (χ4n) is 4.64. The summed E-state index contributed by atoms with van der Waals surface area (Å²) in [4.78, 5) is 6.94. The number of rotatable bonds is 0. The number of hydrogen-bond acceptors (Lipinski definition) is 2. The van der Waals surface area contributed by atoms with E-state index in [1.807, 2.05) is 6.20 Å². The third-order valence-electron chi connectivity index (χ3n) is 5.82. The molecule has 116 valence electrons. The number of pyridine rings is 1. The SMILES string of the molecule is C[C@@H]1c2cnccc2CC2c3c(c4ccccc4n31)CCN2C. The first-order chi connectivity index (χ1) is 11.3. The van der Waals surface area contributed by atoms with E-state index in [-0.39, 0.29) is 0 Å². The number of para-hydroxylation sites is 1. The second-order valence-electron chi connectivity index (χ2n) is 6.95. The maximum Gasteiger partial charge on any atom is 0.0579 e. The third kappa shape index (κ3) is 1.71. The summed E-state index contributed by atoms with van der Waals surface area (Å²) >= 11 is 0. The van der Waals surface area contributed by atoms with Gasteiger partial charge in [0.05, 0.1) is 12.1 Å². The normalized spacial score (nSPS) is 23.4. The largest absolute Gasteiger partial charge is 0.335 e. The molecule has 0 N–H and O–H groups in total. The van der Waals surface area contributed by atoms with Crippen molar-refractivity contribution in [2.45, 2.75) is 31.8 Å². The first kappa shape index (κ1) is 13.3. The maximum atomic E-state index is 4.41. The molecule has 2 aromatic heterocycles. The van der Waals surface area contributed by atoms with Gasteiger partial charge >= 0.3 is 0 Å². The van der Waals surface area contributed by atoms with Crippen LogP contribution in [0.15, 0.2) is 42.7 Å². The summed E-state index contributed by atoms with van der Waals surface area (Å²) in [6.07, 6.45) is 6.24. The summed E-state index contributed by atoms with van der Waals surface area (Å²) in [6.45, 7) is 3.46. The zero-order valence-corrected chi connectivity index (χ0v) is 13.7. The molecule has 2 aliphatic rings. The second-order valence-corrected chi connectivity index (χ2v) is 6.95. The van der Waals surface area contributed by atoms with Gasteiger partial charge in [-0.05, 0) is 55.6 Å². The van der Waals surface area contributed by atoms with Gasteiger partial charge in [-0.15, -0.1) is 0 Å². The second kappa shape index (κ2) is 4.68. The number of benzene rings is 1. The Labute approximate surface area is 136 Å². The molecule has 0 radical (unpaired) electrons. The van der Waals surface area contributed by atoms with Gasteiger partial charge in [0.15, 0.2) is 0 Å². The summed E-state index contributed by atoms with van der Waals surface area (Å²) < 4.78 is 2.58. The van der Waals surface area contributed by atoms with Gasteiger partial charge in [0.1, 0.15) is 0 Å². The lowest BCUT2D eigenvalue weighted by Crippen LogP contribution is -2.34. The summed E-state index contributed by atoms with van der Waals surface area (Å²) in [5.41, 5.74) is 7.30. The van der Waals surface area contributed by atoms with E-state index in [0.717, 1.165) is 19.4 Å². The van der Waals surface area contributed by atoms with E-state index in [0.29, 0.717) is 12.1 Å². The van der Waals surface area contributed by atoms with Crippen LogP contribution in [0.2, 0.25) is 0 Å². The van der Waals surface area contributed by atoms with Crippen LogP contribution < -0.4 is 0 Å². The van der Waals surface area contributed by atoms with Gasteiger partial charge in [0.2, 0.25) is 0 Å². The first-order valence-corrected chi connectivity index (χ1v) is 8.50. The smallest absolute Gasteiger partial charge is 0.0579 e. The summed E-state index contributed by atoms with van der Waals surface area (Å²) in [5.74, 6) is 0. The standard InChI is InChI=1S/C20H21N3/c1-13-17-12-21-9-7-14(17)11-19-20-16(8-10-22(19)2)15-5-3-4-6-18(15)23(13)20/h3-7,9,12-13,19H,8,10-11H2,1-2H3/t13-,19?/m1/s1. The van der Waals surface area contributed by atoms with Crippen LogP contribution in [0.4, 0.5) is 0 Å². The molecule has 2 atom stereocenters. The molecule has 1 aromatic carbocycles. The van der Waals surface area contributed by atoms with Crippen LogP contribution in [0, 0.1) is 0 Å². The monoisotopic (exact) mass is 303 g/mol. The molecule has 0 saturated carbocycles. The molecule has 0 amide bonds.